The van der Waals surface area contributed by atoms with Gasteiger partial charge < -0.3 is 14.8 Å². The van der Waals surface area contributed by atoms with Crippen LogP contribution in [0.1, 0.15) is 11.1 Å². The molecule has 1 aliphatic heterocycles. The average molecular weight is 211 g/mol. The minimum Gasteiger partial charge on any atom is -0.464 e. The highest BCUT2D eigenvalue weighted by molar-refractivity contribution is 5.39. The number of nitrogens with one attached hydrogen (secondary N) is 1. The molecule has 0 saturated carbocycles. The normalized spacial score (nSPS) is 14.5. The summed E-state index contributed by atoms with van der Waals surface area (Å²) in [5.41, 5.74) is 1.77. The zero-order valence-electron chi connectivity index (χ0n) is 8.68. The van der Waals surface area contributed by atoms with Gasteiger partial charge in [-0.05, 0) is 37.7 Å². The fourth-order valence-electron chi connectivity index (χ4n) is 1.65. The lowest BCUT2D eigenvalue weighted by Gasteiger charge is -2.19. The van der Waals surface area contributed by atoms with E-state index in [-0.39, 0.29) is 12.6 Å². The molecule has 1 aliphatic rings. The molecule has 1 aromatic rings. The van der Waals surface area contributed by atoms with Crippen LogP contribution in [0.4, 0.5) is 4.39 Å². The number of halogens is 1. The van der Waals surface area contributed by atoms with Crippen molar-refractivity contribution >= 4 is 0 Å². The minimum absolute atomic E-state index is 0.139. The monoisotopic (exact) mass is 211 g/mol. The van der Waals surface area contributed by atoms with Crippen LogP contribution in [0.5, 0.6) is 5.75 Å². The predicted octanol–water partition coefficient (Wildman–Crippen LogP) is 1.45. The van der Waals surface area contributed by atoms with Crippen molar-refractivity contribution < 1.29 is 13.9 Å². The standard InChI is InChI=1S/C11H14FNO2/c1-13-3-2-8-4-9-6-14-7-15-11(9)10(12)5-8/h4-5,13H,2-3,6-7H2,1H3. The SMILES string of the molecule is CNCCc1cc(F)c2c(c1)COCO2. The number of hydrogen-bond donors (Lipinski definition) is 1. The van der Waals surface area contributed by atoms with Crippen molar-refractivity contribution in [1.82, 2.24) is 5.32 Å². The molecule has 1 heterocycles. The third-order valence-electron chi connectivity index (χ3n) is 2.39. The summed E-state index contributed by atoms with van der Waals surface area (Å²) in [6.45, 7) is 1.40. The van der Waals surface area contributed by atoms with Crippen molar-refractivity contribution in [3.63, 3.8) is 0 Å². The van der Waals surface area contributed by atoms with Gasteiger partial charge in [0.25, 0.3) is 0 Å². The number of fused-ring (bicyclic) bond motifs is 1. The number of ether oxygens (including phenoxy) is 2. The number of hydrogen-bond acceptors (Lipinski definition) is 3. The van der Waals surface area contributed by atoms with E-state index >= 15 is 0 Å². The molecule has 0 aliphatic carbocycles. The molecule has 0 radical (unpaired) electrons. The van der Waals surface area contributed by atoms with Crippen molar-refractivity contribution in [3.05, 3.63) is 29.1 Å². The molecule has 0 atom stereocenters. The van der Waals surface area contributed by atoms with Crippen molar-refractivity contribution in [2.75, 3.05) is 20.4 Å². The molecule has 82 valence electrons. The summed E-state index contributed by atoms with van der Waals surface area (Å²) in [6, 6.07) is 3.47. The molecule has 0 fully saturated rings. The van der Waals surface area contributed by atoms with Crippen LogP contribution in [0.2, 0.25) is 0 Å². The maximum atomic E-state index is 13.6. The Morgan fingerprint density at radius 1 is 1.47 bits per heavy atom. The molecule has 3 nitrogen and oxygen atoms in total. The van der Waals surface area contributed by atoms with Crippen molar-refractivity contribution in [1.29, 1.82) is 0 Å². The Bertz CT molecular complexity index is 355. The summed E-state index contributed by atoms with van der Waals surface area (Å²) < 4.78 is 23.8. The molecule has 0 aromatic heterocycles. The summed E-state index contributed by atoms with van der Waals surface area (Å²) in [5, 5.41) is 3.03. The lowest BCUT2D eigenvalue weighted by Crippen LogP contribution is -2.15. The molecule has 1 aromatic carbocycles. The van der Waals surface area contributed by atoms with Crippen LogP contribution >= 0.6 is 0 Å². The van der Waals surface area contributed by atoms with E-state index in [2.05, 4.69) is 5.32 Å². The summed E-state index contributed by atoms with van der Waals surface area (Å²) >= 11 is 0. The maximum absolute atomic E-state index is 13.6. The molecule has 1 N–H and O–H groups in total. The first-order chi connectivity index (χ1) is 7.31. The summed E-state index contributed by atoms with van der Waals surface area (Å²) in [6.07, 6.45) is 0.806. The second-order valence-corrected chi connectivity index (χ2v) is 3.53. The molecule has 15 heavy (non-hydrogen) atoms. The summed E-state index contributed by atoms with van der Waals surface area (Å²) in [7, 11) is 1.88. The van der Waals surface area contributed by atoms with Gasteiger partial charge in [0.2, 0.25) is 0 Å². The van der Waals surface area contributed by atoms with Crippen LogP contribution in [0.3, 0.4) is 0 Å². The van der Waals surface area contributed by atoms with Crippen LogP contribution in [-0.4, -0.2) is 20.4 Å². The first-order valence-corrected chi connectivity index (χ1v) is 4.97. The molecule has 0 amide bonds. The van der Waals surface area contributed by atoms with Crippen molar-refractivity contribution in [3.8, 4) is 5.75 Å². The van der Waals surface area contributed by atoms with Gasteiger partial charge in [0.1, 0.15) is 0 Å². The van der Waals surface area contributed by atoms with Crippen LogP contribution < -0.4 is 10.1 Å². The van der Waals surface area contributed by atoms with Gasteiger partial charge in [-0.1, -0.05) is 0 Å². The molecule has 2 rings (SSSR count). The van der Waals surface area contributed by atoms with E-state index in [4.69, 9.17) is 9.47 Å². The predicted molar refractivity (Wildman–Crippen MR) is 54.3 cm³/mol. The van der Waals surface area contributed by atoms with E-state index in [0.29, 0.717) is 12.4 Å². The topological polar surface area (TPSA) is 30.5 Å². The van der Waals surface area contributed by atoms with Gasteiger partial charge in [-0.3, -0.25) is 0 Å². The second kappa shape index (κ2) is 4.59. The highest BCUT2D eigenvalue weighted by Crippen LogP contribution is 2.28. The van der Waals surface area contributed by atoms with E-state index in [9.17, 15) is 4.39 Å². The fourth-order valence-corrected chi connectivity index (χ4v) is 1.65. The van der Waals surface area contributed by atoms with Gasteiger partial charge in [0, 0.05) is 5.56 Å². The van der Waals surface area contributed by atoms with Gasteiger partial charge in [-0.2, -0.15) is 0 Å². The minimum atomic E-state index is -0.290. The van der Waals surface area contributed by atoms with Crippen LogP contribution in [0.15, 0.2) is 12.1 Å². The summed E-state index contributed by atoms with van der Waals surface area (Å²) in [5.74, 6) is 0.0522. The van der Waals surface area contributed by atoms with Gasteiger partial charge in [-0.25, -0.2) is 4.39 Å². The average Bonchev–Trinajstić information content (AvgIpc) is 2.26. The van der Waals surface area contributed by atoms with Gasteiger partial charge in [0.15, 0.2) is 18.4 Å². The number of rotatable bonds is 3. The Hall–Kier alpha value is -1.13. The Kier molecular flexibility index (Phi) is 3.18. The lowest BCUT2D eigenvalue weighted by atomic mass is 10.1. The highest BCUT2D eigenvalue weighted by Gasteiger charge is 2.16. The molecular weight excluding hydrogens is 197 g/mol. The van der Waals surface area contributed by atoms with E-state index in [1.54, 1.807) is 0 Å². The molecule has 0 saturated heterocycles. The van der Waals surface area contributed by atoms with Crippen LogP contribution in [-0.2, 0) is 17.8 Å². The van der Waals surface area contributed by atoms with Gasteiger partial charge >= 0.3 is 0 Å². The Balaban J connectivity index is 2.24. The molecule has 4 heteroatoms. The van der Waals surface area contributed by atoms with Gasteiger partial charge in [0.05, 0.1) is 6.61 Å². The molecular formula is C11H14FNO2. The van der Waals surface area contributed by atoms with Crippen molar-refractivity contribution in [2.45, 2.75) is 13.0 Å². The smallest absolute Gasteiger partial charge is 0.189 e. The van der Waals surface area contributed by atoms with Crippen LogP contribution in [0, 0.1) is 5.82 Å². The largest absolute Gasteiger partial charge is 0.464 e. The molecule has 0 spiro atoms. The summed E-state index contributed by atoms with van der Waals surface area (Å²) in [4.78, 5) is 0. The third kappa shape index (κ3) is 2.27. The Labute approximate surface area is 88.2 Å². The molecule has 0 unspecified atom stereocenters. The maximum Gasteiger partial charge on any atom is 0.189 e. The van der Waals surface area contributed by atoms with E-state index in [1.165, 1.54) is 6.07 Å². The van der Waals surface area contributed by atoms with E-state index in [1.807, 2.05) is 13.1 Å². The highest BCUT2D eigenvalue weighted by atomic mass is 19.1. The number of likely N-dealkylation sites (N-methyl/N-ethyl adjacent to an activating group) is 1. The first kappa shape index (κ1) is 10.4. The zero-order chi connectivity index (χ0) is 10.7. The third-order valence-corrected chi connectivity index (χ3v) is 2.39. The number of benzene rings is 1. The quantitative estimate of drug-likeness (QED) is 0.821. The van der Waals surface area contributed by atoms with E-state index in [0.717, 1.165) is 24.1 Å². The van der Waals surface area contributed by atoms with Crippen LogP contribution in [0.25, 0.3) is 0 Å². The zero-order valence-corrected chi connectivity index (χ0v) is 8.68. The fraction of sp³-hybridized carbons (Fsp3) is 0.455. The second-order valence-electron chi connectivity index (χ2n) is 3.53. The van der Waals surface area contributed by atoms with Crippen molar-refractivity contribution in [2.24, 2.45) is 0 Å². The molecule has 0 bridgehead atoms. The Morgan fingerprint density at radius 3 is 3.13 bits per heavy atom. The first-order valence-electron chi connectivity index (χ1n) is 4.97. The Morgan fingerprint density at radius 2 is 2.33 bits per heavy atom. The van der Waals surface area contributed by atoms with Gasteiger partial charge in [-0.15, -0.1) is 0 Å². The lowest BCUT2D eigenvalue weighted by molar-refractivity contribution is -0.0190. The van der Waals surface area contributed by atoms with E-state index < -0.39 is 0 Å².